The smallest absolute Gasteiger partial charge is 0.463 e. The summed E-state index contributed by atoms with van der Waals surface area (Å²) in [6.07, 6.45) is 0. The SMILES string of the molecule is C=C(C(=O)OCC)[Si](OCC)(OCC)OCC. The van der Waals surface area contributed by atoms with Gasteiger partial charge in [0.25, 0.3) is 0 Å². The third-order valence-electron chi connectivity index (χ3n) is 1.89. The van der Waals surface area contributed by atoms with Crippen molar-refractivity contribution in [3.8, 4) is 0 Å². The van der Waals surface area contributed by atoms with E-state index in [-0.39, 0.29) is 11.8 Å². The van der Waals surface area contributed by atoms with Crippen molar-refractivity contribution in [2.75, 3.05) is 26.4 Å². The molecule has 0 aliphatic heterocycles. The minimum atomic E-state index is -3.17. The Balaban J connectivity index is 4.96. The zero-order chi connectivity index (χ0) is 13.3. The third kappa shape index (κ3) is 4.59. The van der Waals surface area contributed by atoms with Crippen LogP contribution in [0.25, 0.3) is 0 Å². The molecule has 0 spiro atoms. The van der Waals surface area contributed by atoms with E-state index in [2.05, 4.69) is 6.58 Å². The van der Waals surface area contributed by atoms with E-state index in [1.165, 1.54) is 0 Å². The first-order valence-electron chi connectivity index (χ1n) is 5.86. The van der Waals surface area contributed by atoms with Gasteiger partial charge in [0.2, 0.25) is 0 Å². The highest BCUT2D eigenvalue weighted by atomic mass is 28.4. The Hall–Kier alpha value is -0.693. The summed E-state index contributed by atoms with van der Waals surface area (Å²) >= 11 is 0. The van der Waals surface area contributed by atoms with Gasteiger partial charge in [0.1, 0.15) is 5.20 Å². The molecule has 0 radical (unpaired) electrons. The molecular weight excluding hydrogens is 240 g/mol. The van der Waals surface area contributed by atoms with E-state index >= 15 is 0 Å². The summed E-state index contributed by atoms with van der Waals surface area (Å²) in [4.78, 5) is 11.7. The van der Waals surface area contributed by atoms with E-state index in [0.717, 1.165) is 0 Å². The molecule has 6 heteroatoms. The van der Waals surface area contributed by atoms with Crippen molar-refractivity contribution in [2.24, 2.45) is 0 Å². The average molecular weight is 262 g/mol. The number of hydrogen-bond donors (Lipinski definition) is 0. The Labute approximate surface area is 104 Å². The number of carbonyl (C=O) groups is 1. The second-order valence-electron chi connectivity index (χ2n) is 3.05. The van der Waals surface area contributed by atoms with E-state index in [0.29, 0.717) is 19.8 Å². The lowest BCUT2D eigenvalue weighted by molar-refractivity contribution is -0.138. The summed E-state index contributed by atoms with van der Waals surface area (Å²) in [6, 6.07) is 0. The van der Waals surface area contributed by atoms with Crippen molar-refractivity contribution < 1.29 is 22.8 Å². The van der Waals surface area contributed by atoms with Gasteiger partial charge in [0.05, 0.1) is 6.61 Å². The van der Waals surface area contributed by atoms with Gasteiger partial charge in [0.15, 0.2) is 0 Å². The van der Waals surface area contributed by atoms with Crippen LogP contribution in [0.4, 0.5) is 0 Å². The number of esters is 1. The van der Waals surface area contributed by atoms with E-state index in [1.807, 2.05) is 20.8 Å². The third-order valence-corrected chi connectivity index (χ3v) is 4.84. The molecule has 0 heterocycles. The van der Waals surface area contributed by atoms with Gasteiger partial charge in [-0.3, -0.25) is 0 Å². The van der Waals surface area contributed by atoms with Gasteiger partial charge in [-0.05, 0) is 27.7 Å². The van der Waals surface area contributed by atoms with Crippen molar-refractivity contribution in [1.29, 1.82) is 0 Å². The van der Waals surface area contributed by atoms with Crippen molar-refractivity contribution in [3.63, 3.8) is 0 Å². The van der Waals surface area contributed by atoms with Crippen LogP contribution in [0.1, 0.15) is 27.7 Å². The first kappa shape index (κ1) is 16.3. The summed E-state index contributed by atoms with van der Waals surface area (Å²) in [5, 5.41) is 0.157. The summed E-state index contributed by atoms with van der Waals surface area (Å²) in [7, 11) is -3.17. The molecular formula is C11H22O5Si. The quantitative estimate of drug-likeness (QED) is 0.359. The largest absolute Gasteiger partial charge is 0.544 e. The number of ether oxygens (including phenoxy) is 1. The van der Waals surface area contributed by atoms with E-state index in [1.54, 1.807) is 6.92 Å². The van der Waals surface area contributed by atoms with Gasteiger partial charge in [-0.15, -0.1) is 0 Å². The van der Waals surface area contributed by atoms with Crippen molar-refractivity contribution >= 4 is 14.8 Å². The minimum absolute atomic E-state index is 0.157. The number of carbonyl (C=O) groups excluding carboxylic acids is 1. The normalized spacial score (nSPS) is 11.3. The van der Waals surface area contributed by atoms with Crippen LogP contribution in [0.2, 0.25) is 0 Å². The predicted molar refractivity (Wildman–Crippen MR) is 66.4 cm³/mol. The topological polar surface area (TPSA) is 54.0 Å². The second kappa shape index (κ2) is 8.41. The minimum Gasteiger partial charge on any atom is -0.463 e. The fourth-order valence-electron chi connectivity index (χ4n) is 1.30. The van der Waals surface area contributed by atoms with Crippen LogP contribution in [0.5, 0.6) is 0 Å². The molecule has 0 fully saturated rings. The van der Waals surface area contributed by atoms with Crippen LogP contribution in [0, 0.1) is 0 Å². The van der Waals surface area contributed by atoms with Gasteiger partial charge in [-0.1, -0.05) is 6.58 Å². The highest BCUT2D eigenvalue weighted by Crippen LogP contribution is 2.20. The summed E-state index contributed by atoms with van der Waals surface area (Å²) in [5.41, 5.74) is 0. The molecule has 0 bridgehead atoms. The van der Waals surface area contributed by atoms with Crippen LogP contribution in [0.15, 0.2) is 11.8 Å². The van der Waals surface area contributed by atoms with Gasteiger partial charge < -0.3 is 18.0 Å². The van der Waals surface area contributed by atoms with Crippen LogP contribution in [-0.4, -0.2) is 41.2 Å². The lowest BCUT2D eigenvalue weighted by Gasteiger charge is -2.28. The lowest BCUT2D eigenvalue weighted by atomic mass is 10.6. The summed E-state index contributed by atoms with van der Waals surface area (Å²) < 4.78 is 21.5. The molecule has 0 amide bonds. The zero-order valence-electron chi connectivity index (χ0n) is 11.1. The monoisotopic (exact) mass is 262 g/mol. The molecule has 0 aliphatic rings. The van der Waals surface area contributed by atoms with Gasteiger partial charge >= 0.3 is 14.8 Å². The maximum Gasteiger partial charge on any atom is 0.544 e. The Morgan fingerprint density at radius 1 is 0.941 bits per heavy atom. The molecule has 0 N–H and O–H groups in total. The van der Waals surface area contributed by atoms with E-state index in [4.69, 9.17) is 18.0 Å². The van der Waals surface area contributed by atoms with Gasteiger partial charge in [-0.25, -0.2) is 4.79 Å². The Bertz CT molecular complexity index is 237. The molecule has 0 unspecified atom stereocenters. The second-order valence-corrected chi connectivity index (χ2v) is 5.64. The van der Waals surface area contributed by atoms with Gasteiger partial charge in [-0.2, -0.15) is 0 Å². The standard InChI is InChI=1S/C11H22O5Si/c1-6-13-11(12)10(5)17(14-7-2,15-8-3)16-9-4/h5-9H2,1-4H3. The van der Waals surface area contributed by atoms with Crippen LogP contribution < -0.4 is 0 Å². The molecule has 17 heavy (non-hydrogen) atoms. The Morgan fingerprint density at radius 2 is 1.35 bits per heavy atom. The lowest BCUT2D eigenvalue weighted by Crippen LogP contribution is -2.50. The average Bonchev–Trinajstić information content (AvgIpc) is 2.29. The van der Waals surface area contributed by atoms with Crippen molar-refractivity contribution in [3.05, 3.63) is 11.8 Å². The van der Waals surface area contributed by atoms with Crippen LogP contribution in [0.3, 0.4) is 0 Å². The molecule has 0 atom stereocenters. The maximum atomic E-state index is 11.7. The Kier molecular flexibility index (Phi) is 8.06. The van der Waals surface area contributed by atoms with Crippen molar-refractivity contribution in [2.45, 2.75) is 27.7 Å². The highest BCUT2D eigenvalue weighted by Gasteiger charge is 2.48. The zero-order valence-corrected chi connectivity index (χ0v) is 12.1. The van der Waals surface area contributed by atoms with Crippen LogP contribution >= 0.6 is 0 Å². The number of rotatable bonds is 9. The predicted octanol–water partition coefficient (Wildman–Crippen LogP) is 1.69. The maximum absolute atomic E-state index is 11.7. The molecule has 100 valence electrons. The molecule has 0 aromatic heterocycles. The first-order chi connectivity index (χ1) is 8.07. The first-order valence-corrected chi connectivity index (χ1v) is 7.58. The molecule has 0 saturated heterocycles. The molecule has 5 nitrogen and oxygen atoms in total. The van der Waals surface area contributed by atoms with E-state index in [9.17, 15) is 4.79 Å². The van der Waals surface area contributed by atoms with Crippen LogP contribution in [-0.2, 0) is 22.8 Å². The summed E-state index contributed by atoms with van der Waals surface area (Å²) in [6.45, 7) is 12.4. The van der Waals surface area contributed by atoms with E-state index < -0.39 is 14.8 Å². The number of hydrogen-bond acceptors (Lipinski definition) is 5. The fraction of sp³-hybridized carbons (Fsp3) is 0.727. The fourth-order valence-corrected chi connectivity index (χ4v) is 3.53. The van der Waals surface area contributed by atoms with Gasteiger partial charge in [0, 0.05) is 19.8 Å². The molecule has 0 aromatic carbocycles. The molecule has 0 aliphatic carbocycles. The molecule has 0 saturated carbocycles. The molecule has 0 aromatic rings. The summed E-state index contributed by atoms with van der Waals surface area (Å²) in [5.74, 6) is -0.519. The Morgan fingerprint density at radius 3 is 1.65 bits per heavy atom. The highest BCUT2D eigenvalue weighted by molar-refractivity contribution is 6.73. The van der Waals surface area contributed by atoms with Crippen molar-refractivity contribution in [1.82, 2.24) is 0 Å². The molecule has 0 rings (SSSR count).